The molecule has 44 heavy (non-hydrogen) atoms. The average Bonchev–Trinajstić information content (AvgIpc) is 3.68. The number of aromatic nitrogens is 3. The van der Waals surface area contributed by atoms with Crippen molar-refractivity contribution in [3.8, 4) is 17.1 Å². The highest BCUT2D eigenvalue weighted by Gasteiger charge is 2.33. The van der Waals surface area contributed by atoms with Gasteiger partial charge in [-0.3, -0.25) is 0 Å². The summed E-state index contributed by atoms with van der Waals surface area (Å²) in [6, 6.07) is 23.6. The van der Waals surface area contributed by atoms with Gasteiger partial charge in [0.25, 0.3) is 5.82 Å². The Labute approximate surface area is 262 Å². The lowest BCUT2D eigenvalue weighted by Gasteiger charge is -2.18. The molecule has 0 aliphatic rings. The Morgan fingerprint density at radius 2 is 1.48 bits per heavy atom. The first-order valence-corrected chi connectivity index (χ1v) is 19.1. The fourth-order valence-electron chi connectivity index (χ4n) is 6.63. The van der Waals surface area contributed by atoms with Gasteiger partial charge in [-0.1, -0.05) is 89.8 Å². The second-order valence-electron chi connectivity index (χ2n) is 13.7. The second-order valence-corrected chi connectivity index (χ2v) is 18.5. The molecule has 0 aliphatic heterocycles. The van der Waals surface area contributed by atoms with E-state index >= 15 is 0 Å². The largest absolute Gasteiger partial charge is 0.451 e. The zero-order chi connectivity index (χ0) is 32.9. The molecule has 7 aromatic rings. The maximum Gasteiger partial charge on any atom is 0.299 e. The van der Waals surface area contributed by atoms with Gasteiger partial charge in [0, 0.05) is 30.6 Å². The molecule has 0 radical (unpaired) electrons. The van der Waals surface area contributed by atoms with Crippen molar-refractivity contribution in [2.24, 2.45) is 7.05 Å². The SMILES string of the molecule is [2H]C([2H])(c1nc2ccc3c4ccc(C)c(-c5n(-c6c(C(C)C)cccc6C(C)C)c6ccccc6[n+]5C)c4oc3c2o1)[Si](C)(C)C. The minimum atomic E-state index is -2.29. The lowest BCUT2D eigenvalue weighted by atomic mass is 9.92. The molecule has 0 saturated heterocycles. The first-order chi connectivity index (χ1) is 21.7. The fraction of sp³-hybridized carbons (Fsp3) is 0.316. The molecular formula is C38H42N3O2Si+. The van der Waals surface area contributed by atoms with E-state index < -0.39 is 14.1 Å². The third-order valence-corrected chi connectivity index (χ3v) is 9.62. The summed E-state index contributed by atoms with van der Waals surface area (Å²) in [5.41, 5.74) is 10.7. The Hall–Kier alpha value is -4.16. The average molecular weight is 603 g/mol. The summed E-state index contributed by atoms with van der Waals surface area (Å²) < 4.78 is 35.6. The van der Waals surface area contributed by atoms with Crippen molar-refractivity contribution < 1.29 is 16.1 Å². The number of aryl methyl sites for hydroxylation is 2. The normalized spacial score (nSPS) is 13.7. The number of rotatable bonds is 6. The van der Waals surface area contributed by atoms with E-state index in [1.165, 1.54) is 16.8 Å². The molecule has 0 bridgehead atoms. The van der Waals surface area contributed by atoms with Crippen LogP contribution in [0.1, 0.15) is 64.9 Å². The van der Waals surface area contributed by atoms with Crippen LogP contribution < -0.4 is 4.57 Å². The molecule has 3 heterocycles. The molecule has 0 saturated carbocycles. The van der Waals surface area contributed by atoms with E-state index in [2.05, 4.69) is 110 Å². The quantitative estimate of drug-likeness (QED) is 0.141. The van der Waals surface area contributed by atoms with E-state index in [1.54, 1.807) is 0 Å². The van der Waals surface area contributed by atoms with Crippen LogP contribution in [0.2, 0.25) is 19.6 Å². The van der Waals surface area contributed by atoms with Gasteiger partial charge in [-0.15, -0.1) is 0 Å². The molecule has 0 fully saturated rings. The molecule has 0 N–H and O–H groups in total. The zero-order valence-electron chi connectivity index (χ0n) is 29.2. The third kappa shape index (κ3) is 4.42. The Morgan fingerprint density at radius 3 is 2.16 bits per heavy atom. The van der Waals surface area contributed by atoms with Gasteiger partial charge in [0.1, 0.15) is 16.8 Å². The first-order valence-electron chi connectivity index (χ1n) is 16.6. The predicted molar refractivity (Wildman–Crippen MR) is 185 cm³/mol. The molecule has 4 aromatic carbocycles. The summed E-state index contributed by atoms with van der Waals surface area (Å²) in [7, 11) is -0.154. The number of hydrogen-bond donors (Lipinski definition) is 0. The summed E-state index contributed by atoms with van der Waals surface area (Å²) in [5.74, 6) is 0.190. The Morgan fingerprint density at radius 1 is 0.818 bits per heavy atom. The van der Waals surface area contributed by atoms with Crippen molar-refractivity contribution in [1.82, 2.24) is 9.55 Å². The van der Waals surface area contributed by atoms with Gasteiger partial charge in [0.2, 0.25) is 0 Å². The van der Waals surface area contributed by atoms with Crippen LogP contribution in [0.15, 0.2) is 75.6 Å². The molecular weight excluding hydrogens is 559 g/mol. The minimum absolute atomic E-state index is 0.129. The van der Waals surface area contributed by atoms with Crippen molar-refractivity contribution in [3.63, 3.8) is 0 Å². The lowest BCUT2D eigenvalue weighted by Crippen LogP contribution is -2.30. The van der Waals surface area contributed by atoms with Gasteiger partial charge in [-0.2, -0.15) is 4.57 Å². The molecule has 0 atom stereocenters. The van der Waals surface area contributed by atoms with Crippen LogP contribution in [0.5, 0.6) is 0 Å². The summed E-state index contributed by atoms with van der Waals surface area (Å²) in [6.45, 7) is 17.2. The first kappa shape index (κ1) is 26.3. The lowest BCUT2D eigenvalue weighted by molar-refractivity contribution is -0.633. The summed E-state index contributed by atoms with van der Waals surface area (Å²) in [5, 5.41) is 1.91. The molecule has 7 rings (SSSR count). The number of imidazole rings is 1. The third-order valence-electron chi connectivity index (χ3n) is 8.66. The Kier molecular flexibility index (Phi) is 6.09. The molecule has 0 amide bonds. The number of benzene rings is 4. The van der Waals surface area contributed by atoms with Crippen LogP contribution in [-0.2, 0) is 13.0 Å². The second kappa shape index (κ2) is 10.2. The molecule has 0 unspecified atom stereocenters. The van der Waals surface area contributed by atoms with Gasteiger partial charge in [-0.05, 0) is 48.6 Å². The standard InChI is InChI=1S/C38H42N3O2Si/c1-22(2)25-13-12-14-26(23(3)4)34(25)41-31-16-11-10-15-30(31)40(6)38(41)33-24(5)17-18-27-28-19-20-29-37(36(28)43-35(27)33)42-32(39-29)21-44(7,8)9/h10-20,22-23H,21H2,1-9H3/q+1/i21D2. The highest BCUT2D eigenvalue weighted by Crippen LogP contribution is 2.43. The van der Waals surface area contributed by atoms with E-state index in [-0.39, 0.29) is 5.89 Å². The predicted octanol–water partition coefficient (Wildman–Crippen LogP) is 10.1. The van der Waals surface area contributed by atoms with Crippen LogP contribution in [0, 0.1) is 6.92 Å². The van der Waals surface area contributed by atoms with E-state index in [0.29, 0.717) is 28.5 Å². The number of para-hydroxylation sites is 3. The smallest absolute Gasteiger partial charge is 0.299 e. The van der Waals surface area contributed by atoms with Gasteiger partial charge in [0.05, 0.1) is 15.1 Å². The molecule has 5 nitrogen and oxygen atoms in total. The van der Waals surface area contributed by atoms with Crippen LogP contribution in [0.3, 0.4) is 0 Å². The molecule has 6 heteroatoms. The Balaban J connectivity index is 1.61. The van der Waals surface area contributed by atoms with Crippen LogP contribution in [0.4, 0.5) is 0 Å². The van der Waals surface area contributed by atoms with Crippen molar-refractivity contribution in [1.29, 1.82) is 0 Å². The van der Waals surface area contributed by atoms with Crippen LogP contribution in [-0.4, -0.2) is 17.6 Å². The molecule has 3 aromatic heterocycles. The number of fused-ring (bicyclic) bond motifs is 6. The monoisotopic (exact) mass is 602 g/mol. The van der Waals surface area contributed by atoms with Crippen LogP contribution in [0.25, 0.3) is 61.1 Å². The molecule has 0 spiro atoms. The van der Waals surface area contributed by atoms with E-state index in [1.807, 2.05) is 31.8 Å². The fourth-order valence-corrected chi connectivity index (χ4v) is 7.37. The van der Waals surface area contributed by atoms with Crippen molar-refractivity contribution in [2.75, 3.05) is 0 Å². The van der Waals surface area contributed by atoms with Crippen molar-refractivity contribution >= 4 is 52.1 Å². The number of furan rings is 1. The topological polar surface area (TPSA) is 48.0 Å². The highest BCUT2D eigenvalue weighted by molar-refractivity contribution is 6.75. The van der Waals surface area contributed by atoms with E-state index in [4.69, 9.17) is 11.6 Å². The highest BCUT2D eigenvalue weighted by atomic mass is 28.3. The Bertz CT molecular complexity index is 2290. The number of oxazole rings is 1. The summed E-state index contributed by atoms with van der Waals surface area (Å²) >= 11 is 0. The van der Waals surface area contributed by atoms with Gasteiger partial charge < -0.3 is 8.83 Å². The molecule has 224 valence electrons. The maximum absolute atomic E-state index is 8.85. The molecule has 0 aliphatic carbocycles. The van der Waals surface area contributed by atoms with E-state index in [9.17, 15) is 0 Å². The zero-order valence-corrected chi connectivity index (χ0v) is 28.2. The number of hydrogen-bond acceptors (Lipinski definition) is 3. The minimum Gasteiger partial charge on any atom is -0.451 e. The van der Waals surface area contributed by atoms with Gasteiger partial charge in [-0.25, -0.2) is 9.55 Å². The number of nitrogens with zero attached hydrogens (tertiary/aromatic N) is 3. The van der Waals surface area contributed by atoms with Crippen molar-refractivity contribution in [3.05, 3.63) is 89.3 Å². The van der Waals surface area contributed by atoms with E-state index in [0.717, 1.165) is 44.3 Å². The van der Waals surface area contributed by atoms with Crippen molar-refractivity contribution in [2.45, 2.75) is 72.1 Å². The maximum atomic E-state index is 8.85. The van der Waals surface area contributed by atoms with Crippen LogP contribution >= 0.6 is 0 Å². The van der Waals surface area contributed by atoms with Gasteiger partial charge >= 0.3 is 0 Å². The summed E-state index contributed by atoms with van der Waals surface area (Å²) in [4.78, 5) is 4.64. The summed E-state index contributed by atoms with van der Waals surface area (Å²) in [6.07, 6.45) is 0. The van der Waals surface area contributed by atoms with Gasteiger partial charge in [0.15, 0.2) is 33.7 Å².